The Labute approximate surface area is 275 Å². The van der Waals surface area contributed by atoms with Crippen LogP contribution in [0.3, 0.4) is 0 Å². The number of hydrogen-bond donors (Lipinski definition) is 2. The number of benzene rings is 2. The maximum absolute atomic E-state index is 14.5. The number of esters is 1. The van der Waals surface area contributed by atoms with E-state index in [0.29, 0.717) is 36.3 Å². The molecular formula is C36H43N3O8. The van der Waals surface area contributed by atoms with E-state index in [0.717, 1.165) is 0 Å². The summed E-state index contributed by atoms with van der Waals surface area (Å²) < 4.78 is 17.9. The molecule has 3 aliphatic rings. The van der Waals surface area contributed by atoms with Crippen molar-refractivity contribution in [2.45, 2.75) is 56.0 Å². The van der Waals surface area contributed by atoms with Crippen LogP contribution in [0.1, 0.15) is 43.8 Å². The molecule has 3 heterocycles. The third kappa shape index (κ3) is 6.68. The summed E-state index contributed by atoms with van der Waals surface area (Å²) in [6, 6.07) is 15.1. The van der Waals surface area contributed by atoms with E-state index < -0.39 is 41.7 Å². The second-order valence-electron chi connectivity index (χ2n) is 12.1. The minimum Gasteiger partial charge on any atom is -0.497 e. The molecule has 11 heteroatoms. The highest BCUT2D eigenvalue weighted by Crippen LogP contribution is 2.59. The monoisotopic (exact) mass is 645 g/mol. The molecule has 0 aliphatic carbocycles. The highest BCUT2D eigenvalue weighted by Gasteiger charge is 2.75. The van der Waals surface area contributed by atoms with E-state index >= 15 is 0 Å². The predicted molar refractivity (Wildman–Crippen MR) is 174 cm³/mol. The molecule has 1 spiro atoms. The molecule has 3 aliphatic heterocycles. The minimum atomic E-state index is -1.25. The van der Waals surface area contributed by atoms with Crippen molar-refractivity contribution in [1.29, 1.82) is 0 Å². The van der Waals surface area contributed by atoms with Crippen molar-refractivity contribution in [1.82, 2.24) is 10.2 Å². The van der Waals surface area contributed by atoms with Gasteiger partial charge in [-0.25, -0.2) is 0 Å². The first-order chi connectivity index (χ1) is 22.8. The molecule has 0 saturated carbocycles. The summed E-state index contributed by atoms with van der Waals surface area (Å²) in [5.41, 5.74) is 0.0402. The van der Waals surface area contributed by atoms with Gasteiger partial charge < -0.3 is 34.4 Å². The van der Waals surface area contributed by atoms with E-state index in [1.54, 1.807) is 48.4 Å². The van der Waals surface area contributed by atoms with Crippen LogP contribution in [0.15, 0.2) is 79.9 Å². The zero-order valence-electron chi connectivity index (χ0n) is 26.7. The largest absolute Gasteiger partial charge is 0.497 e. The predicted octanol–water partition coefficient (Wildman–Crippen LogP) is 3.34. The average Bonchev–Trinajstić information content (AvgIpc) is 3.74. The number of nitrogens with zero attached hydrogens (tertiary/aromatic N) is 2. The van der Waals surface area contributed by atoms with Crippen molar-refractivity contribution in [3.63, 3.8) is 0 Å². The van der Waals surface area contributed by atoms with Crippen LogP contribution in [0.5, 0.6) is 5.75 Å². The van der Waals surface area contributed by atoms with Crippen LogP contribution in [0.2, 0.25) is 0 Å². The molecule has 11 nitrogen and oxygen atoms in total. The van der Waals surface area contributed by atoms with Gasteiger partial charge in [0.15, 0.2) is 0 Å². The van der Waals surface area contributed by atoms with E-state index in [1.165, 1.54) is 4.90 Å². The standard InChI is InChI=1S/C36H43N3O8/c1-4-6-13-29(41)37-23-28(24-11-8-7-9-12-24)46-35(44)30-27-18-19-36(47-27)31(30)33(42)39(21-10-22-40)32(36)34(43)38(20-5-2)25-14-16-26(45-3)17-15-25/h4-5,7-9,11-12,14-17,27-28,30-32,40H,1-2,6,10,13,18-23H2,3H3,(H,37,41)/t27-,28-,30+,31+,32-,36+/m0/s1. The van der Waals surface area contributed by atoms with Crippen LogP contribution < -0.4 is 15.0 Å². The number of allylic oxidation sites excluding steroid dienone is 1. The Morgan fingerprint density at radius 3 is 2.55 bits per heavy atom. The van der Waals surface area contributed by atoms with E-state index in [2.05, 4.69) is 18.5 Å². The topological polar surface area (TPSA) is 135 Å². The summed E-state index contributed by atoms with van der Waals surface area (Å²) in [6.45, 7) is 7.66. The second kappa shape index (κ2) is 15.0. The number of likely N-dealkylation sites (tertiary alicyclic amines) is 1. The maximum atomic E-state index is 14.5. The molecule has 2 N–H and O–H groups in total. The van der Waals surface area contributed by atoms with Gasteiger partial charge in [0.25, 0.3) is 5.91 Å². The smallest absolute Gasteiger partial charge is 0.313 e. The molecule has 2 bridgehead atoms. The van der Waals surface area contributed by atoms with Gasteiger partial charge in [-0.3, -0.25) is 19.2 Å². The highest BCUT2D eigenvalue weighted by molar-refractivity contribution is 6.04. The van der Waals surface area contributed by atoms with E-state index in [4.69, 9.17) is 14.2 Å². The molecular weight excluding hydrogens is 602 g/mol. The Kier molecular flexibility index (Phi) is 10.8. The quantitative estimate of drug-likeness (QED) is 0.210. The lowest BCUT2D eigenvalue weighted by molar-refractivity contribution is -0.160. The first-order valence-electron chi connectivity index (χ1n) is 16.1. The molecule has 250 valence electrons. The Hall–Kier alpha value is -4.48. The van der Waals surface area contributed by atoms with Gasteiger partial charge in [0.2, 0.25) is 11.8 Å². The molecule has 6 atom stereocenters. The van der Waals surface area contributed by atoms with Crippen molar-refractivity contribution >= 4 is 29.4 Å². The van der Waals surface area contributed by atoms with Gasteiger partial charge in [0.05, 0.1) is 31.6 Å². The molecule has 0 radical (unpaired) electrons. The summed E-state index contributed by atoms with van der Waals surface area (Å²) >= 11 is 0. The molecule has 5 rings (SSSR count). The molecule has 2 aromatic carbocycles. The van der Waals surface area contributed by atoms with Crippen LogP contribution in [-0.4, -0.2) is 84.8 Å². The number of rotatable bonds is 16. The highest BCUT2D eigenvalue weighted by atomic mass is 16.6. The molecule has 0 unspecified atom stereocenters. The lowest BCUT2D eigenvalue weighted by atomic mass is 9.70. The Morgan fingerprint density at radius 1 is 1.15 bits per heavy atom. The van der Waals surface area contributed by atoms with Crippen molar-refractivity contribution < 1.29 is 38.5 Å². The van der Waals surface area contributed by atoms with Gasteiger partial charge in [-0.05, 0) is 55.5 Å². The lowest BCUT2D eigenvalue weighted by Crippen LogP contribution is -2.56. The van der Waals surface area contributed by atoms with Crippen molar-refractivity contribution in [2.24, 2.45) is 11.8 Å². The fraction of sp³-hybridized carbons (Fsp3) is 0.444. The van der Waals surface area contributed by atoms with Crippen LogP contribution in [-0.2, 0) is 28.7 Å². The first-order valence-corrected chi connectivity index (χ1v) is 16.1. The van der Waals surface area contributed by atoms with Crippen LogP contribution in [0.4, 0.5) is 5.69 Å². The Balaban J connectivity index is 1.44. The second-order valence-corrected chi connectivity index (χ2v) is 12.1. The summed E-state index contributed by atoms with van der Waals surface area (Å²) in [7, 11) is 1.56. The van der Waals surface area contributed by atoms with Gasteiger partial charge in [-0.15, -0.1) is 13.2 Å². The van der Waals surface area contributed by atoms with Gasteiger partial charge in [0, 0.05) is 31.8 Å². The average molecular weight is 646 g/mol. The van der Waals surface area contributed by atoms with Gasteiger partial charge in [-0.1, -0.05) is 42.5 Å². The number of aliphatic hydroxyl groups is 1. The normalized spacial score (nSPS) is 24.7. The zero-order valence-corrected chi connectivity index (χ0v) is 26.7. The summed E-state index contributed by atoms with van der Waals surface area (Å²) in [4.78, 5) is 58.3. The fourth-order valence-electron chi connectivity index (χ4n) is 7.19. The Morgan fingerprint density at radius 2 is 1.89 bits per heavy atom. The summed E-state index contributed by atoms with van der Waals surface area (Å²) in [5, 5.41) is 12.5. The van der Waals surface area contributed by atoms with Crippen LogP contribution in [0, 0.1) is 11.8 Å². The third-order valence-corrected chi connectivity index (χ3v) is 9.32. The number of methoxy groups -OCH3 is 1. The number of fused-ring (bicyclic) bond motifs is 1. The van der Waals surface area contributed by atoms with Gasteiger partial charge in [0.1, 0.15) is 23.5 Å². The summed E-state index contributed by atoms with van der Waals surface area (Å²) in [6.07, 6.45) is 3.77. The SMILES string of the molecule is C=CCCC(=O)NC[C@H](OC(=O)[C@@H]1[C@@H]2CC[C@]3(O2)[C@H](C(=O)N(CC=C)c2ccc(OC)cc2)N(CCCO)C(=O)[C@@H]13)c1ccccc1. The van der Waals surface area contributed by atoms with Gasteiger partial charge >= 0.3 is 5.97 Å². The number of anilines is 1. The molecule has 2 aromatic rings. The number of aliphatic hydroxyl groups excluding tert-OH is 1. The van der Waals surface area contributed by atoms with Crippen LogP contribution >= 0.6 is 0 Å². The molecule has 3 saturated heterocycles. The molecule has 3 amide bonds. The van der Waals surface area contributed by atoms with Crippen molar-refractivity contribution in [3.05, 3.63) is 85.5 Å². The van der Waals surface area contributed by atoms with E-state index in [9.17, 15) is 24.3 Å². The number of nitrogens with one attached hydrogen (secondary N) is 1. The van der Waals surface area contributed by atoms with Gasteiger partial charge in [-0.2, -0.15) is 0 Å². The number of amides is 3. The molecule has 47 heavy (non-hydrogen) atoms. The molecule has 3 fully saturated rings. The first kappa shape index (κ1) is 33.9. The number of ether oxygens (including phenoxy) is 3. The number of carbonyl (C=O) groups is 4. The third-order valence-electron chi connectivity index (χ3n) is 9.32. The zero-order chi connectivity index (χ0) is 33.6. The lowest BCUT2D eigenvalue weighted by Gasteiger charge is -2.36. The molecule has 0 aromatic heterocycles. The van der Waals surface area contributed by atoms with Crippen LogP contribution in [0.25, 0.3) is 0 Å². The van der Waals surface area contributed by atoms with E-state index in [1.807, 2.05) is 30.3 Å². The van der Waals surface area contributed by atoms with Crippen molar-refractivity contribution in [2.75, 3.05) is 38.3 Å². The summed E-state index contributed by atoms with van der Waals surface area (Å²) in [5.74, 6) is -2.80. The minimum absolute atomic E-state index is 0.0514. The van der Waals surface area contributed by atoms with E-state index in [-0.39, 0.29) is 56.8 Å². The van der Waals surface area contributed by atoms with Crippen molar-refractivity contribution in [3.8, 4) is 5.75 Å². The fourth-order valence-corrected chi connectivity index (χ4v) is 7.19. The number of carbonyl (C=O) groups excluding carboxylic acids is 4. The Bertz CT molecular complexity index is 1460. The number of hydrogen-bond acceptors (Lipinski definition) is 8. The maximum Gasteiger partial charge on any atom is 0.313 e.